The highest BCUT2D eigenvalue weighted by Crippen LogP contribution is 2.25. The molecule has 2 aliphatic rings. The Hall–Kier alpha value is -1.26. The van der Waals surface area contributed by atoms with Crippen molar-refractivity contribution < 1.29 is 9.53 Å². The molecular weight excluding hydrogens is 360 g/mol. The zero-order valence-corrected chi connectivity index (χ0v) is 17.4. The number of amides is 1. The Morgan fingerprint density at radius 2 is 1.93 bits per heavy atom. The fourth-order valence-electron chi connectivity index (χ4n) is 4.20. The average Bonchev–Trinajstić information content (AvgIpc) is 3.18. The van der Waals surface area contributed by atoms with Gasteiger partial charge in [0.2, 0.25) is 5.91 Å². The number of carbonyl (C=O) groups excluding carboxylic acids is 1. The Bertz CT molecular complexity index is 567. The third-order valence-electron chi connectivity index (χ3n) is 5.90. The van der Waals surface area contributed by atoms with Crippen LogP contribution in [0.3, 0.4) is 0 Å². The molecule has 1 aliphatic carbocycles. The summed E-state index contributed by atoms with van der Waals surface area (Å²) < 4.78 is 6.08. The second-order valence-electron chi connectivity index (χ2n) is 7.89. The van der Waals surface area contributed by atoms with E-state index in [4.69, 9.17) is 4.74 Å². The number of nitrogens with one attached hydrogen (secondary N) is 1. The second-order valence-corrected chi connectivity index (χ2v) is 7.89. The van der Waals surface area contributed by atoms with Gasteiger partial charge in [-0.05, 0) is 88.6 Å². The molecule has 2 fully saturated rings. The molecule has 1 amide bonds. The van der Waals surface area contributed by atoms with Gasteiger partial charge in [-0.25, -0.2) is 0 Å². The summed E-state index contributed by atoms with van der Waals surface area (Å²) in [4.78, 5) is 14.6. The zero-order valence-electron chi connectivity index (χ0n) is 16.6. The summed E-state index contributed by atoms with van der Waals surface area (Å²) in [6, 6.07) is 8.32. The van der Waals surface area contributed by atoms with E-state index < -0.39 is 0 Å². The van der Waals surface area contributed by atoms with Crippen LogP contribution in [-0.4, -0.2) is 43.6 Å². The molecule has 152 valence electrons. The zero-order chi connectivity index (χ0) is 18.2. The molecule has 0 radical (unpaired) electrons. The highest BCUT2D eigenvalue weighted by Gasteiger charge is 2.22. The van der Waals surface area contributed by atoms with Gasteiger partial charge in [0, 0.05) is 19.5 Å². The molecule has 0 unspecified atom stereocenters. The molecule has 1 aromatic carbocycles. The summed E-state index contributed by atoms with van der Waals surface area (Å²) in [6.45, 7) is 2.94. The van der Waals surface area contributed by atoms with E-state index in [9.17, 15) is 4.79 Å². The van der Waals surface area contributed by atoms with E-state index >= 15 is 0 Å². The largest absolute Gasteiger partial charge is 0.490 e. The first-order chi connectivity index (χ1) is 12.7. The fourth-order valence-corrected chi connectivity index (χ4v) is 4.20. The predicted octanol–water partition coefficient (Wildman–Crippen LogP) is 4.21. The van der Waals surface area contributed by atoms with Crippen LogP contribution in [0.25, 0.3) is 0 Å². The number of hydrogen-bond acceptors (Lipinski definition) is 3. The van der Waals surface area contributed by atoms with Crippen LogP contribution in [0.15, 0.2) is 24.3 Å². The molecule has 1 aromatic rings. The third-order valence-corrected chi connectivity index (χ3v) is 5.90. The van der Waals surface area contributed by atoms with Crippen molar-refractivity contribution in [2.75, 3.05) is 26.7 Å². The van der Waals surface area contributed by atoms with Crippen molar-refractivity contribution in [2.24, 2.45) is 5.92 Å². The van der Waals surface area contributed by atoms with Gasteiger partial charge in [0.25, 0.3) is 0 Å². The van der Waals surface area contributed by atoms with Gasteiger partial charge in [-0.15, -0.1) is 12.4 Å². The Kier molecular flexibility index (Phi) is 9.43. The van der Waals surface area contributed by atoms with Crippen molar-refractivity contribution in [2.45, 2.75) is 63.9 Å². The van der Waals surface area contributed by atoms with Gasteiger partial charge in [0.15, 0.2) is 0 Å². The number of rotatable bonds is 8. The number of aryl methyl sites for hydroxylation is 1. The quantitative estimate of drug-likeness (QED) is 0.718. The number of piperidine rings is 1. The Labute approximate surface area is 170 Å². The summed E-state index contributed by atoms with van der Waals surface area (Å²) in [5.74, 6) is 2.04. The molecule has 0 bridgehead atoms. The standard InChI is InChI=1S/C22H34N2O2.ClH/c1-23-14-11-18-12-15-24(16-13-18)22(25)10-9-19-5-4-8-21(17-19)26-20-6-2-3-7-20;/h4-5,8,17-18,20,23H,2-3,6-7,9-16H2,1H3;1H. The molecule has 1 heterocycles. The minimum Gasteiger partial charge on any atom is -0.490 e. The number of ether oxygens (including phenoxy) is 1. The Morgan fingerprint density at radius 3 is 2.63 bits per heavy atom. The Balaban J connectivity index is 0.00000261. The molecule has 1 saturated carbocycles. The number of halogens is 1. The average molecular weight is 395 g/mol. The van der Waals surface area contributed by atoms with Crippen molar-refractivity contribution >= 4 is 18.3 Å². The van der Waals surface area contributed by atoms with Crippen molar-refractivity contribution in [3.8, 4) is 5.75 Å². The van der Waals surface area contributed by atoms with Crippen LogP contribution in [0.2, 0.25) is 0 Å². The number of carbonyl (C=O) groups is 1. The minimum absolute atomic E-state index is 0. The summed E-state index contributed by atoms with van der Waals surface area (Å²) in [6.07, 6.45) is 10.2. The lowest BCUT2D eigenvalue weighted by atomic mass is 9.93. The normalized spacial score (nSPS) is 18.3. The maximum atomic E-state index is 12.5. The molecule has 1 aliphatic heterocycles. The Morgan fingerprint density at radius 1 is 1.19 bits per heavy atom. The SMILES string of the molecule is CNCCC1CCN(C(=O)CCc2cccc(OC3CCCC3)c2)CC1.Cl. The van der Waals surface area contributed by atoms with Gasteiger partial charge in [-0.1, -0.05) is 12.1 Å². The van der Waals surface area contributed by atoms with Crippen molar-refractivity contribution in [3.05, 3.63) is 29.8 Å². The molecule has 1 N–H and O–H groups in total. The van der Waals surface area contributed by atoms with Gasteiger partial charge in [-0.3, -0.25) is 4.79 Å². The summed E-state index contributed by atoms with van der Waals surface area (Å²) in [5, 5.41) is 3.22. The van der Waals surface area contributed by atoms with Crippen LogP contribution in [-0.2, 0) is 11.2 Å². The molecule has 5 heteroatoms. The maximum absolute atomic E-state index is 12.5. The lowest BCUT2D eigenvalue weighted by Crippen LogP contribution is -2.39. The van der Waals surface area contributed by atoms with E-state index in [0.717, 1.165) is 50.6 Å². The van der Waals surface area contributed by atoms with Crippen LogP contribution >= 0.6 is 12.4 Å². The van der Waals surface area contributed by atoms with Gasteiger partial charge >= 0.3 is 0 Å². The fraction of sp³-hybridized carbons (Fsp3) is 0.682. The molecule has 3 rings (SSSR count). The topological polar surface area (TPSA) is 41.6 Å². The first-order valence-electron chi connectivity index (χ1n) is 10.4. The van der Waals surface area contributed by atoms with Gasteiger partial charge in [0.1, 0.15) is 5.75 Å². The van der Waals surface area contributed by atoms with Crippen LogP contribution in [0.1, 0.15) is 56.9 Å². The number of benzene rings is 1. The van der Waals surface area contributed by atoms with E-state index in [-0.39, 0.29) is 12.4 Å². The highest BCUT2D eigenvalue weighted by molar-refractivity contribution is 5.85. The van der Waals surface area contributed by atoms with E-state index in [2.05, 4.69) is 28.4 Å². The first-order valence-corrected chi connectivity index (χ1v) is 10.4. The van der Waals surface area contributed by atoms with Crippen LogP contribution in [0.5, 0.6) is 5.75 Å². The van der Waals surface area contributed by atoms with Crippen LogP contribution in [0.4, 0.5) is 0 Å². The van der Waals surface area contributed by atoms with Gasteiger partial charge < -0.3 is 15.0 Å². The minimum atomic E-state index is 0. The smallest absolute Gasteiger partial charge is 0.222 e. The molecular formula is C22H35ClN2O2. The van der Waals surface area contributed by atoms with Crippen molar-refractivity contribution in [1.29, 1.82) is 0 Å². The van der Waals surface area contributed by atoms with Crippen molar-refractivity contribution in [1.82, 2.24) is 10.2 Å². The highest BCUT2D eigenvalue weighted by atomic mass is 35.5. The molecule has 0 atom stereocenters. The van der Waals surface area contributed by atoms with E-state index in [0.29, 0.717) is 18.4 Å². The van der Waals surface area contributed by atoms with Gasteiger partial charge in [-0.2, -0.15) is 0 Å². The maximum Gasteiger partial charge on any atom is 0.222 e. The summed E-state index contributed by atoms with van der Waals surface area (Å²) in [5.41, 5.74) is 1.21. The molecule has 0 spiro atoms. The molecule has 0 aromatic heterocycles. The number of hydrogen-bond donors (Lipinski definition) is 1. The monoisotopic (exact) mass is 394 g/mol. The summed E-state index contributed by atoms with van der Waals surface area (Å²) >= 11 is 0. The molecule has 4 nitrogen and oxygen atoms in total. The van der Waals surface area contributed by atoms with Gasteiger partial charge in [0.05, 0.1) is 6.10 Å². The molecule has 1 saturated heterocycles. The van der Waals surface area contributed by atoms with E-state index in [1.54, 1.807) is 0 Å². The third kappa shape index (κ3) is 7.00. The lowest BCUT2D eigenvalue weighted by Gasteiger charge is -2.32. The lowest BCUT2D eigenvalue weighted by molar-refractivity contribution is -0.132. The predicted molar refractivity (Wildman–Crippen MR) is 113 cm³/mol. The molecule has 27 heavy (non-hydrogen) atoms. The van der Waals surface area contributed by atoms with Crippen LogP contribution < -0.4 is 10.1 Å². The van der Waals surface area contributed by atoms with Crippen molar-refractivity contribution in [3.63, 3.8) is 0 Å². The number of likely N-dealkylation sites (tertiary alicyclic amines) is 1. The van der Waals surface area contributed by atoms with Crippen LogP contribution in [0, 0.1) is 5.92 Å². The number of nitrogens with zero attached hydrogens (tertiary/aromatic N) is 1. The summed E-state index contributed by atoms with van der Waals surface area (Å²) in [7, 11) is 2.01. The first kappa shape index (κ1) is 22.0. The van der Waals surface area contributed by atoms with E-state index in [1.807, 2.05) is 13.1 Å². The second kappa shape index (κ2) is 11.6. The van der Waals surface area contributed by atoms with E-state index in [1.165, 1.54) is 37.7 Å².